The van der Waals surface area contributed by atoms with E-state index in [2.05, 4.69) is 15.2 Å². The monoisotopic (exact) mass is 207 g/mol. The average Bonchev–Trinajstić information content (AvgIpc) is 2.85. The molecule has 3 rings (SSSR count). The van der Waals surface area contributed by atoms with Crippen molar-refractivity contribution in [2.24, 2.45) is 0 Å². The van der Waals surface area contributed by atoms with E-state index in [4.69, 9.17) is 4.42 Å². The summed E-state index contributed by atoms with van der Waals surface area (Å²) in [6.45, 7) is 3.63. The molecule has 1 N–H and O–H groups in total. The predicted molar refractivity (Wildman–Crippen MR) is 58.0 cm³/mol. The van der Waals surface area contributed by atoms with E-state index in [-0.39, 0.29) is 5.41 Å². The van der Waals surface area contributed by atoms with Gasteiger partial charge in [0.2, 0.25) is 0 Å². The van der Waals surface area contributed by atoms with Crippen LogP contribution in [0.15, 0.2) is 10.6 Å². The minimum Gasteiger partial charge on any atom is -0.428 e. The highest BCUT2D eigenvalue weighted by Gasteiger charge is 2.44. The van der Waals surface area contributed by atoms with Crippen LogP contribution < -0.4 is 5.32 Å². The molecule has 0 aliphatic carbocycles. The van der Waals surface area contributed by atoms with E-state index in [9.17, 15) is 0 Å². The first-order valence-corrected chi connectivity index (χ1v) is 5.69. The van der Waals surface area contributed by atoms with Crippen molar-refractivity contribution in [1.29, 1.82) is 0 Å². The van der Waals surface area contributed by atoms with Gasteiger partial charge in [-0.25, -0.2) is 4.98 Å². The quantitative estimate of drug-likeness (QED) is 0.797. The minimum atomic E-state index is 0.264. The van der Waals surface area contributed by atoms with Gasteiger partial charge in [-0.05, 0) is 32.4 Å². The van der Waals surface area contributed by atoms with Crippen LogP contribution in [0.25, 0.3) is 0 Å². The van der Waals surface area contributed by atoms with Crippen molar-refractivity contribution in [2.75, 3.05) is 32.0 Å². The molecule has 2 bridgehead atoms. The summed E-state index contributed by atoms with van der Waals surface area (Å²) in [5, 5.41) is 2.95. The Balaban J connectivity index is 1.91. The summed E-state index contributed by atoms with van der Waals surface area (Å²) >= 11 is 0. The first-order chi connectivity index (χ1) is 7.32. The molecule has 2 atom stereocenters. The molecular weight excluding hydrogens is 190 g/mol. The zero-order chi connectivity index (χ0) is 10.3. The molecule has 0 saturated carbocycles. The van der Waals surface area contributed by atoms with E-state index in [1.165, 1.54) is 32.4 Å². The fourth-order valence-corrected chi connectivity index (χ4v) is 2.95. The molecule has 0 aromatic carbocycles. The second-order valence-electron chi connectivity index (χ2n) is 4.69. The number of nitrogens with one attached hydrogen (secondary N) is 1. The van der Waals surface area contributed by atoms with Crippen molar-refractivity contribution in [3.05, 3.63) is 12.0 Å². The molecule has 15 heavy (non-hydrogen) atoms. The van der Waals surface area contributed by atoms with Crippen molar-refractivity contribution >= 4 is 6.01 Å². The van der Waals surface area contributed by atoms with Gasteiger partial charge in [-0.2, -0.15) is 0 Å². The van der Waals surface area contributed by atoms with Gasteiger partial charge in [0.05, 0.1) is 6.20 Å². The molecule has 4 nitrogen and oxygen atoms in total. The van der Waals surface area contributed by atoms with E-state index < -0.39 is 0 Å². The van der Waals surface area contributed by atoms with Gasteiger partial charge in [-0.15, -0.1) is 0 Å². The first-order valence-electron chi connectivity index (χ1n) is 5.69. The molecule has 4 heteroatoms. The van der Waals surface area contributed by atoms with Crippen LogP contribution in [0.4, 0.5) is 6.01 Å². The zero-order valence-corrected chi connectivity index (χ0v) is 9.12. The molecule has 2 aliphatic rings. The highest BCUT2D eigenvalue weighted by Crippen LogP contribution is 2.42. The standard InChI is InChI=1S/C11H17N3O/c1-12-10-13-7-9(15-10)11-3-2-5-14(8-11)6-4-11/h7H,2-6,8H2,1H3,(H,12,13). The van der Waals surface area contributed by atoms with Gasteiger partial charge < -0.3 is 14.6 Å². The fourth-order valence-electron chi connectivity index (χ4n) is 2.95. The molecule has 0 spiro atoms. The number of nitrogens with zero attached hydrogens (tertiary/aromatic N) is 2. The van der Waals surface area contributed by atoms with Gasteiger partial charge in [-0.3, -0.25) is 0 Å². The Kier molecular flexibility index (Phi) is 1.99. The smallest absolute Gasteiger partial charge is 0.294 e. The second-order valence-corrected chi connectivity index (χ2v) is 4.69. The van der Waals surface area contributed by atoms with Crippen LogP contribution in [0.3, 0.4) is 0 Å². The Labute approximate surface area is 89.7 Å². The molecule has 1 aromatic heterocycles. The van der Waals surface area contributed by atoms with E-state index >= 15 is 0 Å². The lowest BCUT2D eigenvalue weighted by atomic mass is 9.79. The third-order valence-electron chi connectivity index (χ3n) is 3.80. The predicted octanol–water partition coefficient (Wildman–Crippen LogP) is 1.45. The fraction of sp³-hybridized carbons (Fsp3) is 0.727. The molecule has 2 aliphatic heterocycles. The largest absolute Gasteiger partial charge is 0.428 e. The molecule has 82 valence electrons. The number of oxazole rings is 1. The number of piperidine rings is 1. The minimum absolute atomic E-state index is 0.264. The summed E-state index contributed by atoms with van der Waals surface area (Å²) in [6, 6.07) is 0.642. The number of hydrogen-bond donors (Lipinski definition) is 1. The third kappa shape index (κ3) is 1.35. The van der Waals surface area contributed by atoms with Gasteiger partial charge >= 0.3 is 0 Å². The Hall–Kier alpha value is -1.03. The molecule has 0 amide bonds. The molecule has 0 radical (unpaired) electrons. The van der Waals surface area contributed by atoms with Gasteiger partial charge in [0.1, 0.15) is 5.76 Å². The lowest BCUT2D eigenvalue weighted by Crippen LogP contribution is -2.36. The molecular formula is C11H17N3O. The van der Waals surface area contributed by atoms with Crippen molar-refractivity contribution in [3.63, 3.8) is 0 Å². The van der Waals surface area contributed by atoms with E-state index in [1.54, 1.807) is 0 Å². The summed E-state index contributed by atoms with van der Waals surface area (Å²) in [7, 11) is 1.84. The number of aromatic nitrogens is 1. The lowest BCUT2D eigenvalue weighted by Gasteiger charge is -2.31. The summed E-state index contributed by atoms with van der Waals surface area (Å²) in [5.41, 5.74) is 0.264. The van der Waals surface area contributed by atoms with E-state index in [0.29, 0.717) is 6.01 Å². The highest BCUT2D eigenvalue weighted by atomic mass is 16.4. The van der Waals surface area contributed by atoms with Crippen molar-refractivity contribution < 1.29 is 4.42 Å². The van der Waals surface area contributed by atoms with Crippen LogP contribution in [0.5, 0.6) is 0 Å². The van der Waals surface area contributed by atoms with E-state index in [1.807, 2.05) is 13.2 Å². The van der Waals surface area contributed by atoms with Gasteiger partial charge in [0.15, 0.2) is 0 Å². The second kappa shape index (κ2) is 3.23. The maximum Gasteiger partial charge on any atom is 0.294 e. The van der Waals surface area contributed by atoms with Crippen LogP contribution in [0, 0.1) is 0 Å². The first kappa shape index (κ1) is 9.21. The maximum atomic E-state index is 5.74. The summed E-state index contributed by atoms with van der Waals surface area (Å²) in [4.78, 5) is 6.76. The number of hydrogen-bond acceptors (Lipinski definition) is 4. The van der Waals surface area contributed by atoms with Crippen molar-refractivity contribution in [3.8, 4) is 0 Å². The SMILES string of the molecule is CNc1ncc(C23CCCN(CC2)C3)o1. The number of anilines is 1. The van der Waals surface area contributed by atoms with Crippen LogP contribution >= 0.6 is 0 Å². The Morgan fingerprint density at radius 3 is 3.20 bits per heavy atom. The van der Waals surface area contributed by atoms with Crippen LogP contribution in [-0.4, -0.2) is 36.6 Å². The van der Waals surface area contributed by atoms with Gasteiger partial charge in [0.25, 0.3) is 6.01 Å². The van der Waals surface area contributed by atoms with Crippen LogP contribution in [0.2, 0.25) is 0 Å². The topological polar surface area (TPSA) is 41.3 Å². The van der Waals surface area contributed by atoms with Gasteiger partial charge in [0, 0.05) is 19.0 Å². The summed E-state index contributed by atoms with van der Waals surface area (Å²) < 4.78 is 5.74. The molecule has 1 aromatic rings. The normalized spacial score (nSPS) is 34.3. The maximum absolute atomic E-state index is 5.74. The average molecular weight is 207 g/mol. The van der Waals surface area contributed by atoms with E-state index in [0.717, 1.165) is 12.3 Å². The number of fused-ring (bicyclic) bond motifs is 2. The summed E-state index contributed by atoms with van der Waals surface area (Å²) in [6.07, 6.45) is 5.67. The van der Waals surface area contributed by atoms with Crippen LogP contribution in [-0.2, 0) is 5.41 Å². The third-order valence-corrected chi connectivity index (χ3v) is 3.80. The lowest BCUT2D eigenvalue weighted by molar-refractivity contribution is 0.221. The van der Waals surface area contributed by atoms with Crippen molar-refractivity contribution in [2.45, 2.75) is 24.7 Å². The zero-order valence-electron chi connectivity index (χ0n) is 9.12. The summed E-state index contributed by atoms with van der Waals surface area (Å²) in [5.74, 6) is 1.08. The molecule has 2 unspecified atom stereocenters. The Morgan fingerprint density at radius 2 is 2.40 bits per heavy atom. The van der Waals surface area contributed by atoms with Gasteiger partial charge in [-0.1, -0.05) is 0 Å². The van der Waals surface area contributed by atoms with Crippen molar-refractivity contribution in [1.82, 2.24) is 9.88 Å². The van der Waals surface area contributed by atoms with Crippen LogP contribution in [0.1, 0.15) is 25.0 Å². The highest BCUT2D eigenvalue weighted by molar-refractivity contribution is 5.25. The molecule has 2 fully saturated rings. The Bertz CT molecular complexity index is 358. The Morgan fingerprint density at radius 1 is 1.47 bits per heavy atom. The molecule has 2 saturated heterocycles. The number of rotatable bonds is 2. The molecule has 3 heterocycles.